The fourth-order valence-corrected chi connectivity index (χ4v) is 2.43. The van der Waals surface area contributed by atoms with E-state index < -0.39 is 34.4 Å². The molecular formula is C18H15FN2O7. The molecule has 1 heterocycles. The second-order valence-corrected chi connectivity index (χ2v) is 5.82. The molecule has 0 aromatic heterocycles. The number of fused-ring (bicyclic) bond motifs is 1. The van der Waals surface area contributed by atoms with Gasteiger partial charge in [-0.2, -0.15) is 4.39 Å². The summed E-state index contributed by atoms with van der Waals surface area (Å²) in [6.45, 7) is 2.10. The Balaban J connectivity index is 1.65. The van der Waals surface area contributed by atoms with Crippen molar-refractivity contribution < 1.29 is 33.1 Å². The van der Waals surface area contributed by atoms with Gasteiger partial charge in [0.25, 0.3) is 5.91 Å². The van der Waals surface area contributed by atoms with Crippen molar-refractivity contribution in [3.8, 4) is 11.5 Å². The zero-order valence-electron chi connectivity index (χ0n) is 14.6. The second kappa shape index (κ2) is 7.91. The van der Waals surface area contributed by atoms with Crippen molar-refractivity contribution in [2.45, 2.75) is 13.0 Å². The molecular weight excluding hydrogens is 375 g/mol. The highest BCUT2D eigenvalue weighted by Gasteiger charge is 2.22. The number of nitrogens with one attached hydrogen (secondary N) is 1. The fraction of sp³-hybridized carbons (Fsp3) is 0.222. The molecule has 0 saturated carbocycles. The molecule has 10 heteroatoms. The Kier molecular flexibility index (Phi) is 5.39. The van der Waals surface area contributed by atoms with Crippen LogP contribution in [0, 0.1) is 15.9 Å². The lowest BCUT2D eigenvalue weighted by Gasteiger charge is -2.19. The number of esters is 1. The molecule has 1 amide bonds. The van der Waals surface area contributed by atoms with Crippen LogP contribution in [0.15, 0.2) is 36.4 Å². The summed E-state index contributed by atoms with van der Waals surface area (Å²) in [4.78, 5) is 34.3. The summed E-state index contributed by atoms with van der Waals surface area (Å²) in [5.41, 5.74) is -0.611. The predicted molar refractivity (Wildman–Crippen MR) is 94.0 cm³/mol. The number of nitrogens with zero attached hydrogens (tertiary/aromatic N) is 1. The number of nitro groups is 1. The minimum absolute atomic E-state index is 0.000304. The van der Waals surface area contributed by atoms with Crippen molar-refractivity contribution >= 4 is 23.3 Å². The van der Waals surface area contributed by atoms with Gasteiger partial charge in [-0.25, -0.2) is 4.79 Å². The number of hydrogen-bond acceptors (Lipinski definition) is 7. The molecule has 0 fully saturated rings. The molecule has 1 atom stereocenters. The van der Waals surface area contributed by atoms with Crippen molar-refractivity contribution in [1.82, 2.24) is 0 Å². The van der Waals surface area contributed by atoms with Gasteiger partial charge in [0, 0.05) is 11.8 Å². The topological polar surface area (TPSA) is 117 Å². The van der Waals surface area contributed by atoms with Crippen molar-refractivity contribution in [3.63, 3.8) is 0 Å². The number of ether oxygens (including phenoxy) is 3. The number of halogens is 1. The van der Waals surface area contributed by atoms with Gasteiger partial charge < -0.3 is 19.5 Å². The average molecular weight is 390 g/mol. The first-order valence-corrected chi connectivity index (χ1v) is 8.20. The molecule has 0 bridgehead atoms. The van der Waals surface area contributed by atoms with Gasteiger partial charge in [0.1, 0.15) is 13.2 Å². The van der Waals surface area contributed by atoms with Crippen LogP contribution in [-0.4, -0.2) is 36.1 Å². The predicted octanol–water partition coefficient (Wildman–Crippen LogP) is 2.69. The minimum Gasteiger partial charge on any atom is -0.486 e. The van der Waals surface area contributed by atoms with Crippen LogP contribution < -0.4 is 14.8 Å². The Morgan fingerprint density at radius 2 is 1.89 bits per heavy atom. The van der Waals surface area contributed by atoms with Gasteiger partial charge in [-0.05, 0) is 37.3 Å². The minimum atomic E-state index is -1.20. The maximum atomic E-state index is 13.4. The fourth-order valence-electron chi connectivity index (χ4n) is 2.43. The lowest BCUT2D eigenvalue weighted by atomic mass is 10.2. The van der Waals surface area contributed by atoms with Crippen molar-refractivity contribution in [1.29, 1.82) is 0 Å². The summed E-state index contributed by atoms with van der Waals surface area (Å²) in [6, 6.07) is 7.39. The van der Waals surface area contributed by atoms with E-state index in [1.54, 1.807) is 6.07 Å². The third-order valence-electron chi connectivity index (χ3n) is 3.84. The molecule has 28 heavy (non-hydrogen) atoms. The maximum absolute atomic E-state index is 13.4. The Bertz CT molecular complexity index is 948. The molecule has 2 aromatic rings. The number of nitro benzene ring substituents is 1. The number of carbonyl (C=O) groups is 2. The standard InChI is InChI=1S/C18H15FN2O7/c1-10(17(22)20-12-3-4-13(19)14(9-12)21(24)25)28-18(23)11-2-5-15-16(8-11)27-7-6-26-15/h2-5,8-10H,6-7H2,1H3,(H,20,22)/t10-/m0/s1. The first-order chi connectivity index (χ1) is 13.3. The summed E-state index contributed by atoms with van der Waals surface area (Å²) >= 11 is 0. The molecule has 0 spiro atoms. The highest BCUT2D eigenvalue weighted by Crippen LogP contribution is 2.31. The molecule has 1 N–H and O–H groups in total. The Morgan fingerprint density at radius 1 is 1.18 bits per heavy atom. The highest BCUT2D eigenvalue weighted by atomic mass is 19.1. The van der Waals surface area contributed by atoms with E-state index in [0.717, 1.165) is 18.2 Å². The van der Waals surface area contributed by atoms with Crippen molar-refractivity contribution in [2.75, 3.05) is 18.5 Å². The van der Waals surface area contributed by atoms with E-state index in [1.807, 2.05) is 0 Å². The Hall–Kier alpha value is -3.69. The van der Waals surface area contributed by atoms with Gasteiger partial charge in [-0.3, -0.25) is 14.9 Å². The zero-order valence-corrected chi connectivity index (χ0v) is 14.6. The van der Waals surface area contributed by atoms with E-state index in [1.165, 1.54) is 19.1 Å². The smallest absolute Gasteiger partial charge is 0.339 e. The largest absolute Gasteiger partial charge is 0.486 e. The van der Waals surface area contributed by atoms with Gasteiger partial charge in [-0.1, -0.05) is 0 Å². The summed E-state index contributed by atoms with van der Waals surface area (Å²) in [5.74, 6) is -1.61. The van der Waals surface area contributed by atoms with Crippen LogP contribution in [0.4, 0.5) is 15.8 Å². The lowest BCUT2D eigenvalue weighted by molar-refractivity contribution is -0.387. The van der Waals surface area contributed by atoms with Crippen LogP contribution in [0.5, 0.6) is 11.5 Å². The van der Waals surface area contributed by atoms with Crippen LogP contribution in [0.3, 0.4) is 0 Å². The number of benzene rings is 2. The van der Waals surface area contributed by atoms with Gasteiger partial charge >= 0.3 is 11.7 Å². The normalized spacial score (nSPS) is 13.4. The van der Waals surface area contributed by atoms with Crippen LogP contribution in [-0.2, 0) is 9.53 Å². The molecule has 0 aliphatic carbocycles. The Morgan fingerprint density at radius 3 is 2.61 bits per heavy atom. The molecule has 1 aliphatic heterocycles. The van der Waals surface area contributed by atoms with E-state index in [9.17, 15) is 24.1 Å². The monoisotopic (exact) mass is 390 g/mol. The summed E-state index contributed by atoms with van der Waals surface area (Å²) in [7, 11) is 0. The van der Waals surface area contributed by atoms with Crippen LogP contribution >= 0.6 is 0 Å². The summed E-state index contributed by atoms with van der Waals surface area (Å²) in [6.07, 6.45) is -1.20. The third-order valence-corrected chi connectivity index (χ3v) is 3.84. The number of amides is 1. The van der Waals surface area contributed by atoms with E-state index >= 15 is 0 Å². The van der Waals surface area contributed by atoms with Gasteiger partial charge in [0.2, 0.25) is 5.82 Å². The van der Waals surface area contributed by atoms with Crippen LogP contribution in [0.1, 0.15) is 17.3 Å². The van der Waals surface area contributed by atoms with Gasteiger partial charge in [0.05, 0.1) is 10.5 Å². The second-order valence-electron chi connectivity index (χ2n) is 5.82. The van der Waals surface area contributed by atoms with E-state index in [2.05, 4.69) is 5.32 Å². The molecule has 0 unspecified atom stereocenters. The number of carbonyl (C=O) groups excluding carboxylic acids is 2. The SMILES string of the molecule is C[C@H](OC(=O)c1ccc2c(c1)OCCO2)C(=O)Nc1ccc(F)c([N+](=O)[O-])c1. The number of anilines is 1. The lowest BCUT2D eigenvalue weighted by Crippen LogP contribution is -2.30. The number of rotatable bonds is 5. The van der Waals surface area contributed by atoms with Gasteiger partial charge in [0.15, 0.2) is 17.6 Å². The molecule has 3 rings (SSSR count). The van der Waals surface area contributed by atoms with Crippen LogP contribution in [0.2, 0.25) is 0 Å². The molecule has 0 saturated heterocycles. The molecule has 1 aliphatic rings. The van der Waals surface area contributed by atoms with Crippen LogP contribution in [0.25, 0.3) is 0 Å². The number of hydrogen-bond donors (Lipinski definition) is 1. The molecule has 0 radical (unpaired) electrons. The van der Waals surface area contributed by atoms with Crippen molar-refractivity contribution in [2.24, 2.45) is 0 Å². The van der Waals surface area contributed by atoms with E-state index in [0.29, 0.717) is 24.7 Å². The quantitative estimate of drug-likeness (QED) is 0.474. The highest BCUT2D eigenvalue weighted by molar-refractivity contribution is 5.97. The third kappa shape index (κ3) is 4.17. The summed E-state index contributed by atoms with van der Waals surface area (Å²) in [5, 5.41) is 13.1. The Labute approximate surface area is 158 Å². The first kappa shape index (κ1) is 19.1. The van der Waals surface area contributed by atoms with E-state index in [4.69, 9.17) is 14.2 Å². The average Bonchev–Trinajstić information content (AvgIpc) is 2.68. The van der Waals surface area contributed by atoms with Gasteiger partial charge in [-0.15, -0.1) is 0 Å². The molecule has 9 nitrogen and oxygen atoms in total. The first-order valence-electron chi connectivity index (χ1n) is 8.20. The molecule has 2 aromatic carbocycles. The van der Waals surface area contributed by atoms with Crippen molar-refractivity contribution in [3.05, 3.63) is 57.9 Å². The molecule has 146 valence electrons. The van der Waals surface area contributed by atoms with E-state index in [-0.39, 0.29) is 11.3 Å². The maximum Gasteiger partial charge on any atom is 0.339 e. The zero-order chi connectivity index (χ0) is 20.3. The summed E-state index contributed by atoms with van der Waals surface area (Å²) < 4.78 is 29.2.